The van der Waals surface area contributed by atoms with Crippen LogP contribution in [0.4, 0.5) is 0 Å². The number of para-hydroxylation sites is 1. The highest BCUT2D eigenvalue weighted by molar-refractivity contribution is 5.82. The Morgan fingerprint density at radius 2 is 2.06 bits per heavy atom. The third-order valence-electron chi connectivity index (χ3n) is 2.90. The molecule has 0 saturated heterocycles. The monoisotopic (exact) mass is 248 g/mol. The SMILES string of the molecule is CN(C)CCOCc1oc2ccccc2c1CN. The summed E-state index contributed by atoms with van der Waals surface area (Å²) in [7, 11) is 4.05. The maximum atomic E-state index is 5.79. The Labute approximate surface area is 107 Å². The Morgan fingerprint density at radius 3 is 2.78 bits per heavy atom. The molecule has 1 aromatic heterocycles. The minimum Gasteiger partial charge on any atom is -0.458 e. The summed E-state index contributed by atoms with van der Waals surface area (Å²) in [5, 5.41) is 1.09. The number of benzene rings is 1. The Hall–Kier alpha value is -1.36. The lowest BCUT2D eigenvalue weighted by atomic mass is 10.1. The van der Waals surface area contributed by atoms with Gasteiger partial charge in [-0.1, -0.05) is 18.2 Å². The summed E-state index contributed by atoms with van der Waals surface area (Å²) in [5.74, 6) is 0.845. The van der Waals surface area contributed by atoms with Crippen LogP contribution >= 0.6 is 0 Å². The molecule has 0 spiro atoms. The second-order valence-corrected chi connectivity index (χ2v) is 4.56. The Kier molecular flexibility index (Phi) is 4.36. The van der Waals surface area contributed by atoms with E-state index in [4.69, 9.17) is 14.9 Å². The average molecular weight is 248 g/mol. The maximum Gasteiger partial charge on any atom is 0.135 e. The van der Waals surface area contributed by atoms with Crippen molar-refractivity contribution in [3.8, 4) is 0 Å². The molecule has 0 aliphatic rings. The second kappa shape index (κ2) is 6.00. The molecule has 0 fully saturated rings. The zero-order valence-electron chi connectivity index (χ0n) is 11.0. The first-order valence-electron chi connectivity index (χ1n) is 6.14. The number of ether oxygens (including phenoxy) is 1. The topological polar surface area (TPSA) is 51.6 Å². The molecule has 2 aromatic rings. The van der Waals surface area contributed by atoms with E-state index < -0.39 is 0 Å². The molecule has 0 atom stereocenters. The smallest absolute Gasteiger partial charge is 0.135 e. The van der Waals surface area contributed by atoms with Gasteiger partial charge in [-0.05, 0) is 20.2 Å². The predicted molar refractivity (Wildman–Crippen MR) is 72.3 cm³/mol. The van der Waals surface area contributed by atoms with Crippen LogP contribution in [-0.4, -0.2) is 32.1 Å². The van der Waals surface area contributed by atoms with Gasteiger partial charge in [0.1, 0.15) is 18.0 Å². The van der Waals surface area contributed by atoms with Gasteiger partial charge in [0.15, 0.2) is 0 Å². The minimum absolute atomic E-state index is 0.476. The predicted octanol–water partition coefficient (Wildman–Crippen LogP) is 1.97. The number of hydrogen-bond acceptors (Lipinski definition) is 4. The van der Waals surface area contributed by atoms with Crippen LogP contribution in [0, 0.1) is 0 Å². The number of hydrogen-bond donors (Lipinski definition) is 1. The molecule has 1 aromatic carbocycles. The van der Waals surface area contributed by atoms with Gasteiger partial charge in [0.05, 0.1) is 6.61 Å². The standard InChI is InChI=1S/C14H20N2O2/c1-16(2)7-8-17-10-14-12(9-15)11-5-3-4-6-13(11)18-14/h3-6H,7-10,15H2,1-2H3. The normalized spacial score (nSPS) is 11.6. The molecule has 2 rings (SSSR count). The van der Waals surface area contributed by atoms with Crippen molar-refractivity contribution in [1.29, 1.82) is 0 Å². The first-order chi connectivity index (χ1) is 8.72. The number of nitrogens with two attached hydrogens (primary N) is 1. The molecule has 0 aliphatic heterocycles. The van der Waals surface area contributed by atoms with Crippen molar-refractivity contribution in [2.45, 2.75) is 13.2 Å². The summed E-state index contributed by atoms with van der Waals surface area (Å²) >= 11 is 0. The van der Waals surface area contributed by atoms with Crippen molar-refractivity contribution >= 4 is 11.0 Å². The molecule has 1 heterocycles. The molecule has 0 radical (unpaired) electrons. The fraction of sp³-hybridized carbons (Fsp3) is 0.429. The molecular weight excluding hydrogens is 228 g/mol. The van der Waals surface area contributed by atoms with E-state index in [1.165, 1.54) is 0 Å². The average Bonchev–Trinajstić information content (AvgIpc) is 2.71. The molecule has 98 valence electrons. The van der Waals surface area contributed by atoms with Gasteiger partial charge in [-0.15, -0.1) is 0 Å². The van der Waals surface area contributed by atoms with Gasteiger partial charge in [0, 0.05) is 24.0 Å². The van der Waals surface area contributed by atoms with Crippen LogP contribution in [-0.2, 0) is 17.9 Å². The van der Waals surface area contributed by atoms with Crippen molar-refractivity contribution in [3.63, 3.8) is 0 Å². The lowest BCUT2D eigenvalue weighted by molar-refractivity contribution is 0.0930. The van der Waals surface area contributed by atoms with Crippen LogP contribution in [0.5, 0.6) is 0 Å². The molecule has 4 nitrogen and oxygen atoms in total. The highest BCUT2D eigenvalue weighted by atomic mass is 16.5. The van der Waals surface area contributed by atoms with E-state index in [0.29, 0.717) is 19.8 Å². The summed E-state index contributed by atoms with van der Waals surface area (Å²) in [6.45, 7) is 2.55. The van der Waals surface area contributed by atoms with Crippen molar-refractivity contribution in [2.75, 3.05) is 27.2 Å². The zero-order chi connectivity index (χ0) is 13.0. The summed E-state index contributed by atoms with van der Waals surface area (Å²) in [4.78, 5) is 2.09. The second-order valence-electron chi connectivity index (χ2n) is 4.56. The van der Waals surface area contributed by atoms with Crippen molar-refractivity contribution in [2.24, 2.45) is 5.73 Å². The molecule has 0 unspecified atom stereocenters. The van der Waals surface area contributed by atoms with Crippen LogP contribution in [0.15, 0.2) is 28.7 Å². The van der Waals surface area contributed by atoms with E-state index in [-0.39, 0.29) is 0 Å². The van der Waals surface area contributed by atoms with Crippen LogP contribution in [0.2, 0.25) is 0 Å². The van der Waals surface area contributed by atoms with Crippen molar-refractivity contribution in [3.05, 3.63) is 35.6 Å². The van der Waals surface area contributed by atoms with E-state index in [2.05, 4.69) is 4.90 Å². The Morgan fingerprint density at radius 1 is 1.28 bits per heavy atom. The van der Waals surface area contributed by atoms with E-state index in [0.717, 1.165) is 28.8 Å². The Bertz CT molecular complexity index is 505. The van der Waals surface area contributed by atoms with E-state index in [1.807, 2.05) is 38.4 Å². The van der Waals surface area contributed by atoms with Crippen molar-refractivity contribution in [1.82, 2.24) is 4.90 Å². The maximum absolute atomic E-state index is 5.79. The molecule has 2 N–H and O–H groups in total. The third kappa shape index (κ3) is 2.90. The van der Waals surface area contributed by atoms with Gasteiger partial charge < -0.3 is 19.8 Å². The van der Waals surface area contributed by atoms with Crippen LogP contribution in [0.25, 0.3) is 11.0 Å². The van der Waals surface area contributed by atoms with E-state index in [1.54, 1.807) is 0 Å². The molecule has 0 amide bonds. The molecule has 0 saturated carbocycles. The largest absolute Gasteiger partial charge is 0.458 e. The summed E-state index contributed by atoms with van der Waals surface area (Å²) in [5.41, 5.74) is 7.72. The van der Waals surface area contributed by atoms with Crippen LogP contribution in [0.1, 0.15) is 11.3 Å². The lowest BCUT2D eigenvalue weighted by Crippen LogP contribution is -2.18. The molecule has 4 heteroatoms. The summed E-state index contributed by atoms with van der Waals surface area (Å²) in [6, 6.07) is 7.94. The molecule has 0 bridgehead atoms. The number of furan rings is 1. The molecule has 18 heavy (non-hydrogen) atoms. The van der Waals surface area contributed by atoms with Gasteiger partial charge in [0.25, 0.3) is 0 Å². The van der Waals surface area contributed by atoms with Crippen LogP contribution < -0.4 is 5.73 Å². The van der Waals surface area contributed by atoms with Gasteiger partial charge in [-0.3, -0.25) is 0 Å². The fourth-order valence-electron chi connectivity index (χ4n) is 1.90. The van der Waals surface area contributed by atoms with E-state index >= 15 is 0 Å². The number of nitrogens with zero attached hydrogens (tertiary/aromatic N) is 1. The quantitative estimate of drug-likeness (QED) is 0.794. The lowest BCUT2D eigenvalue weighted by Gasteiger charge is -2.09. The number of likely N-dealkylation sites (N-methyl/N-ethyl adjacent to an activating group) is 1. The first-order valence-corrected chi connectivity index (χ1v) is 6.14. The van der Waals surface area contributed by atoms with Gasteiger partial charge in [-0.25, -0.2) is 0 Å². The summed E-state index contributed by atoms with van der Waals surface area (Å²) < 4.78 is 11.4. The van der Waals surface area contributed by atoms with Gasteiger partial charge in [0.2, 0.25) is 0 Å². The highest BCUT2D eigenvalue weighted by Crippen LogP contribution is 2.25. The van der Waals surface area contributed by atoms with Gasteiger partial charge in [-0.2, -0.15) is 0 Å². The number of fused-ring (bicyclic) bond motifs is 1. The first kappa shape index (κ1) is 13.1. The molecular formula is C14H20N2O2. The fourth-order valence-corrected chi connectivity index (χ4v) is 1.90. The number of rotatable bonds is 6. The Balaban J connectivity index is 2.08. The zero-order valence-corrected chi connectivity index (χ0v) is 11.0. The van der Waals surface area contributed by atoms with Crippen molar-refractivity contribution < 1.29 is 9.15 Å². The molecule has 0 aliphatic carbocycles. The minimum atomic E-state index is 0.476. The highest BCUT2D eigenvalue weighted by Gasteiger charge is 2.12. The third-order valence-corrected chi connectivity index (χ3v) is 2.90. The summed E-state index contributed by atoms with van der Waals surface area (Å²) in [6.07, 6.45) is 0. The van der Waals surface area contributed by atoms with Gasteiger partial charge >= 0.3 is 0 Å². The van der Waals surface area contributed by atoms with Crippen LogP contribution in [0.3, 0.4) is 0 Å². The van der Waals surface area contributed by atoms with E-state index in [9.17, 15) is 0 Å².